The zero-order valence-corrected chi connectivity index (χ0v) is 13.3. The van der Waals surface area contributed by atoms with Gasteiger partial charge in [0.2, 0.25) is 0 Å². The maximum absolute atomic E-state index is 12.4. The van der Waals surface area contributed by atoms with Gasteiger partial charge in [0.15, 0.2) is 0 Å². The van der Waals surface area contributed by atoms with Crippen molar-refractivity contribution < 1.29 is 4.79 Å². The summed E-state index contributed by atoms with van der Waals surface area (Å²) in [5, 5.41) is 2.98. The van der Waals surface area contributed by atoms with E-state index in [9.17, 15) is 4.79 Å². The van der Waals surface area contributed by atoms with E-state index in [0.717, 1.165) is 42.0 Å². The molecule has 5 heteroatoms. The molecule has 0 aliphatic carbocycles. The molecular formula is C19H18N4O. The zero-order chi connectivity index (χ0) is 16.4. The fraction of sp³-hybridized carbons (Fsp3) is 0.211. The summed E-state index contributed by atoms with van der Waals surface area (Å²) in [5.74, 6) is 0.934. The second-order valence-corrected chi connectivity index (χ2v) is 5.91. The van der Waals surface area contributed by atoms with Gasteiger partial charge in [0.25, 0.3) is 5.91 Å². The predicted molar refractivity (Wildman–Crippen MR) is 91.4 cm³/mol. The van der Waals surface area contributed by atoms with Gasteiger partial charge in [-0.1, -0.05) is 30.3 Å². The van der Waals surface area contributed by atoms with E-state index in [-0.39, 0.29) is 5.91 Å². The van der Waals surface area contributed by atoms with E-state index < -0.39 is 0 Å². The highest BCUT2D eigenvalue weighted by Crippen LogP contribution is 2.18. The van der Waals surface area contributed by atoms with Crippen LogP contribution in [0.3, 0.4) is 0 Å². The fourth-order valence-electron chi connectivity index (χ4n) is 3.06. The number of hydrogen-bond donors (Lipinski definition) is 1. The molecule has 1 aromatic carbocycles. The molecule has 0 saturated heterocycles. The van der Waals surface area contributed by atoms with Crippen molar-refractivity contribution >= 4 is 5.91 Å². The van der Waals surface area contributed by atoms with Crippen LogP contribution >= 0.6 is 0 Å². The molecule has 2 aromatic heterocycles. The Hall–Kier alpha value is -2.95. The summed E-state index contributed by atoms with van der Waals surface area (Å²) < 4.78 is 2.01. The van der Waals surface area contributed by atoms with Crippen LogP contribution in [0.2, 0.25) is 0 Å². The SMILES string of the molecule is O=C(NCc1ccnc(-c2ccccc2)c1)c1cnc2n1CCC2. The Balaban J connectivity index is 1.47. The number of hydrogen-bond acceptors (Lipinski definition) is 3. The first-order valence-corrected chi connectivity index (χ1v) is 8.14. The van der Waals surface area contributed by atoms with E-state index in [1.807, 2.05) is 47.0 Å². The number of pyridine rings is 1. The highest BCUT2D eigenvalue weighted by Gasteiger charge is 2.19. The molecule has 120 valence electrons. The Morgan fingerprint density at radius 1 is 1.17 bits per heavy atom. The molecule has 1 aliphatic heterocycles. The lowest BCUT2D eigenvalue weighted by Gasteiger charge is -2.08. The van der Waals surface area contributed by atoms with E-state index in [0.29, 0.717) is 12.2 Å². The Morgan fingerprint density at radius 2 is 2.04 bits per heavy atom. The number of imidazole rings is 1. The first-order valence-electron chi connectivity index (χ1n) is 8.14. The first-order chi connectivity index (χ1) is 11.8. The molecule has 0 spiro atoms. The van der Waals surface area contributed by atoms with Gasteiger partial charge in [-0.05, 0) is 24.1 Å². The quantitative estimate of drug-likeness (QED) is 0.804. The molecule has 0 saturated carbocycles. The molecular weight excluding hydrogens is 300 g/mol. The molecule has 1 N–H and O–H groups in total. The van der Waals surface area contributed by atoms with E-state index in [2.05, 4.69) is 15.3 Å². The molecule has 5 nitrogen and oxygen atoms in total. The summed E-state index contributed by atoms with van der Waals surface area (Å²) in [4.78, 5) is 21.1. The van der Waals surface area contributed by atoms with Gasteiger partial charge in [0, 0.05) is 31.3 Å². The van der Waals surface area contributed by atoms with E-state index >= 15 is 0 Å². The smallest absolute Gasteiger partial charge is 0.269 e. The van der Waals surface area contributed by atoms with Crippen LogP contribution in [-0.4, -0.2) is 20.4 Å². The molecule has 0 unspecified atom stereocenters. The van der Waals surface area contributed by atoms with E-state index in [1.165, 1.54) is 0 Å². The van der Waals surface area contributed by atoms with Crippen molar-refractivity contribution in [3.8, 4) is 11.3 Å². The Labute approximate surface area is 140 Å². The van der Waals surface area contributed by atoms with E-state index in [1.54, 1.807) is 12.4 Å². The van der Waals surface area contributed by atoms with Crippen LogP contribution < -0.4 is 5.32 Å². The highest BCUT2D eigenvalue weighted by atomic mass is 16.1. The van der Waals surface area contributed by atoms with Crippen LogP contribution in [-0.2, 0) is 19.5 Å². The van der Waals surface area contributed by atoms with Gasteiger partial charge >= 0.3 is 0 Å². The number of fused-ring (bicyclic) bond motifs is 1. The molecule has 0 fully saturated rings. The van der Waals surface area contributed by atoms with Crippen molar-refractivity contribution in [2.24, 2.45) is 0 Å². The van der Waals surface area contributed by atoms with Gasteiger partial charge in [0.05, 0.1) is 11.9 Å². The van der Waals surface area contributed by atoms with Crippen LogP contribution in [0.15, 0.2) is 54.9 Å². The van der Waals surface area contributed by atoms with Gasteiger partial charge < -0.3 is 9.88 Å². The minimum atomic E-state index is -0.0753. The monoisotopic (exact) mass is 318 g/mol. The number of amides is 1. The summed E-state index contributed by atoms with van der Waals surface area (Å²) >= 11 is 0. The van der Waals surface area contributed by atoms with Crippen LogP contribution in [0.25, 0.3) is 11.3 Å². The number of nitrogens with one attached hydrogen (secondary N) is 1. The Morgan fingerprint density at radius 3 is 2.92 bits per heavy atom. The molecule has 3 heterocycles. The number of rotatable bonds is 4. The normalized spacial score (nSPS) is 12.8. The second-order valence-electron chi connectivity index (χ2n) is 5.91. The lowest BCUT2D eigenvalue weighted by Crippen LogP contribution is -2.25. The summed E-state index contributed by atoms with van der Waals surface area (Å²) in [7, 11) is 0. The third-order valence-corrected chi connectivity index (χ3v) is 4.30. The number of aromatic nitrogens is 3. The minimum absolute atomic E-state index is 0.0753. The Bertz CT molecular complexity index is 870. The van der Waals surface area contributed by atoms with Crippen LogP contribution in [0.1, 0.15) is 28.3 Å². The molecule has 0 radical (unpaired) electrons. The maximum Gasteiger partial charge on any atom is 0.269 e. The lowest BCUT2D eigenvalue weighted by atomic mass is 10.1. The molecule has 1 amide bonds. The largest absolute Gasteiger partial charge is 0.347 e. The van der Waals surface area contributed by atoms with Crippen molar-refractivity contribution in [1.29, 1.82) is 0 Å². The molecule has 0 bridgehead atoms. The van der Waals surface area contributed by atoms with Gasteiger partial charge in [-0.25, -0.2) is 4.98 Å². The molecule has 1 aliphatic rings. The van der Waals surface area contributed by atoms with E-state index in [4.69, 9.17) is 0 Å². The summed E-state index contributed by atoms with van der Waals surface area (Å²) in [5.41, 5.74) is 3.66. The van der Waals surface area contributed by atoms with Gasteiger partial charge in [0.1, 0.15) is 11.5 Å². The Kier molecular flexibility index (Phi) is 3.83. The maximum atomic E-state index is 12.4. The van der Waals surface area contributed by atoms with Gasteiger partial charge in [-0.2, -0.15) is 0 Å². The summed E-state index contributed by atoms with van der Waals surface area (Å²) in [6, 6.07) is 14.0. The number of carbonyl (C=O) groups is 1. The number of aryl methyl sites for hydroxylation is 1. The molecule has 24 heavy (non-hydrogen) atoms. The average molecular weight is 318 g/mol. The average Bonchev–Trinajstić information content (AvgIpc) is 3.24. The lowest BCUT2D eigenvalue weighted by molar-refractivity contribution is 0.0942. The van der Waals surface area contributed by atoms with Crippen LogP contribution in [0.5, 0.6) is 0 Å². The predicted octanol–water partition coefficient (Wildman–Crippen LogP) is 2.82. The van der Waals surface area contributed by atoms with Gasteiger partial charge in [-0.3, -0.25) is 9.78 Å². The summed E-state index contributed by atoms with van der Waals surface area (Å²) in [6.45, 7) is 1.35. The number of nitrogens with zero attached hydrogens (tertiary/aromatic N) is 3. The first kappa shape index (κ1) is 14.6. The van der Waals surface area contributed by atoms with Crippen molar-refractivity contribution in [2.45, 2.75) is 25.9 Å². The van der Waals surface area contributed by atoms with Crippen molar-refractivity contribution in [3.63, 3.8) is 0 Å². The third kappa shape index (κ3) is 2.80. The number of benzene rings is 1. The highest BCUT2D eigenvalue weighted by molar-refractivity contribution is 5.92. The van der Waals surface area contributed by atoms with Gasteiger partial charge in [-0.15, -0.1) is 0 Å². The number of carbonyl (C=O) groups excluding carboxylic acids is 1. The van der Waals surface area contributed by atoms with Crippen molar-refractivity contribution in [2.75, 3.05) is 0 Å². The summed E-state index contributed by atoms with van der Waals surface area (Å²) in [6.07, 6.45) is 5.47. The molecule has 3 aromatic rings. The topological polar surface area (TPSA) is 59.8 Å². The zero-order valence-electron chi connectivity index (χ0n) is 13.3. The second kappa shape index (κ2) is 6.28. The van der Waals surface area contributed by atoms with Crippen LogP contribution in [0.4, 0.5) is 0 Å². The van der Waals surface area contributed by atoms with Crippen molar-refractivity contribution in [1.82, 2.24) is 19.9 Å². The molecule has 4 rings (SSSR count). The fourth-order valence-corrected chi connectivity index (χ4v) is 3.06. The van der Waals surface area contributed by atoms with Crippen molar-refractivity contribution in [3.05, 3.63) is 71.9 Å². The molecule has 0 atom stereocenters. The minimum Gasteiger partial charge on any atom is -0.347 e. The standard InChI is InChI=1S/C19H18N4O/c24-19(17-13-21-18-7-4-10-23(17)18)22-12-14-8-9-20-16(11-14)15-5-2-1-3-6-15/h1-3,5-6,8-9,11,13H,4,7,10,12H2,(H,22,24). The van der Waals surface area contributed by atoms with Crippen LogP contribution in [0, 0.1) is 0 Å². The third-order valence-electron chi connectivity index (χ3n) is 4.30.